The van der Waals surface area contributed by atoms with E-state index in [1.165, 1.54) is 12.0 Å². The Kier molecular flexibility index (Phi) is 4.10. The Morgan fingerprint density at radius 3 is 2.92 bits per heavy atom. The second-order valence-corrected chi connectivity index (χ2v) is 2.97. The minimum Gasteiger partial charge on any atom is -0.497 e. The second kappa shape index (κ2) is 5.41. The Morgan fingerprint density at radius 1 is 1.38 bits per heavy atom. The highest BCUT2D eigenvalue weighted by Crippen LogP contribution is 2.13. The van der Waals surface area contributed by atoms with Gasteiger partial charge in [0.2, 0.25) is 0 Å². The molecule has 13 heavy (non-hydrogen) atoms. The van der Waals surface area contributed by atoms with Crippen molar-refractivity contribution in [1.82, 2.24) is 0 Å². The van der Waals surface area contributed by atoms with Crippen molar-refractivity contribution >= 4 is 6.08 Å². The topological polar surface area (TPSA) is 9.23 Å². The smallest absolute Gasteiger partial charge is 0.119 e. The maximum atomic E-state index is 5.13. The summed E-state index contributed by atoms with van der Waals surface area (Å²) in [5, 5.41) is 0. The SMILES string of the molecule is CCCC=Cc1cccc(OC)c1. The number of allylic oxidation sites excluding steroid dienone is 1. The van der Waals surface area contributed by atoms with E-state index in [2.05, 4.69) is 25.1 Å². The molecule has 0 saturated heterocycles. The zero-order chi connectivity index (χ0) is 9.52. The van der Waals surface area contributed by atoms with E-state index in [4.69, 9.17) is 4.74 Å². The summed E-state index contributed by atoms with van der Waals surface area (Å²) in [5.74, 6) is 0.915. The van der Waals surface area contributed by atoms with Gasteiger partial charge in [-0.3, -0.25) is 0 Å². The van der Waals surface area contributed by atoms with Crippen molar-refractivity contribution in [1.29, 1.82) is 0 Å². The molecular weight excluding hydrogens is 160 g/mol. The van der Waals surface area contributed by atoms with E-state index in [1.54, 1.807) is 7.11 Å². The highest BCUT2D eigenvalue weighted by molar-refractivity contribution is 5.51. The summed E-state index contributed by atoms with van der Waals surface area (Å²) in [5.41, 5.74) is 1.20. The third-order valence-corrected chi connectivity index (χ3v) is 1.86. The highest BCUT2D eigenvalue weighted by Gasteiger charge is 1.90. The lowest BCUT2D eigenvalue weighted by molar-refractivity contribution is 0.414. The molecule has 0 bridgehead atoms. The lowest BCUT2D eigenvalue weighted by Gasteiger charge is -1.99. The van der Waals surface area contributed by atoms with Crippen LogP contribution in [0.5, 0.6) is 5.75 Å². The number of unbranched alkanes of at least 4 members (excludes halogenated alkanes) is 1. The molecule has 0 fully saturated rings. The van der Waals surface area contributed by atoms with E-state index < -0.39 is 0 Å². The first-order valence-corrected chi connectivity index (χ1v) is 4.67. The average molecular weight is 176 g/mol. The Hall–Kier alpha value is -1.24. The molecule has 0 aromatic heterocycles. The number of rotatable bonds is 4. The summed E-state index contributed by atoms with van der Waals surface area (Å²) in [6, 6.07) is 8.07. The molecule has 70 valence electrons. The molecule has 0 saturated carbocycles. The maximum Gasteiger partial charge on any atom is 0.119 e. The molecule has 0 radical (unpaired) electrons. The Bertz CT molecular complexity index is 276. The average Bonchev–Trinajstić information content (AvgIpc) is 2.19. The van der Waals surface area contributed by atoms with Gasteiger partial charge in [0, 0.05) is 0 Å². The normalized spacial score (nSPS) is 10.6. The van der Waals surface area contributed by atoms with Crippen LogP contribution in [-0.4, -0.2) is 7.11 Å². The van der Waals surface area contributed by atoms with Crippen molar-refractivity contribution in [3.63, 3.8) is 0 Å². The fourth-order valence-corrected chi connectivity index (χ4v) is 1.13. The number of benzene rings is 1. The van der Waals surface area contributed by atoms with Crippen LogP contribution in [0.25, 0.3) is 6.08 Å². The van der Waals surface area contributed by atoms with Crippen LogP contribution in [0.3, 0.4) is 0 Å². The van der Waals surface area contributed by atoms with E-state index in [-0.39, 0.29) is 0 Å². The van der Waals surface area contributed by atoms with Crippen molar-refractivity contribution in [2.24, 2.45) is 0 Å². The molecule has 0 aliphatic carbocycles. The van der Waals surface area contributed by atoms with Gasteiger partial charge in [0.15, 0.2) is 0 Å². The molecule has 1 aromatic carbocycles. The van der Waals surface area contributed by atoms with Crippen molar-refractivity contribution in [2.45, 2.75) is 19.8 Å². The number of hydrogen-bond donors (Lipinski definition) is 0. The maximum absolute atomic E-state index is 5.13. The van der Waals surface area contributed by atoms with Crippen molar-refractivity contribution in [2.75, 3.05) is 7.11 Å². The van der Waals surface area contributed by atoms with Gasteiger partial charge in [-0.05, 0) is 24.1 Å². The van der Waals surface area contributed by atoms with Gasteiger partial charge in [-0.2, -0.15) is 0 Å². The van der Waals surface area contributed by atoms with Crippen LogP contribution < -0.4 is 4.74 Å². The minimum atomic E-state index is 0.915. The lowest BCUT2D eigenvalue weighted by atomic mass is 10.2. The lowest BCUT2D eigenvalue weighted by Crippen LogP contribution is -1.82. The van der Waals surface area contributed by atoms with Gasteiger partial charge in [0.25, 0.3) is 0 Å². The van der Waals surface area contributed by atoms with Gasteiger partial charge < -0.3 is 4.74 Å². The molecule has 1 aromatic rings. The summed E-state index contributed by atoms with van der Waals surface area (Å²) >= 11 is 0. The predicted molar refractivity (Wildman–Crippen MR) is 56.9 cm³/mol. The molecule has 0 heterocycles. The van der Waals surface area contributed by atoms with Crippen LogP contribution in [0, 0.1) is 0 Å². The summed E-state index contributed by atoms with van der Waals surface area (Å²) in [4.78, 5) is 0. The van der Waals surface area contributed by atoms with Gasteiger partial charge >= 0.3 is 0 Å². The predicted octanol–water partition coefficient (Wildman–Crippen LogP) is 3.51. The van der Waals surface area contributed by atoms with Gasteiger partial charge in [0.05, 0.1) is 7.11 Å². The molecule has 1 rings (SSSR count). The first kappa shape index (κ1) is 9.85. The monoisotopic (exact) mass is 176 g/mol. The van der Waals surface area contributed by atoms with Crippen molar-refractivity contribution < 1.29 is 4.74 Å². The molecule has 0 aliphatic rings. The van der Waals surface area contributed by atoms with Gasteiger partial charge in [-0.1, -0.05) is 37.6 Å². The summed E-state index contributed by atoms with van der Waals surface area (Å²) < 4.78 is 5.13. The van der Waals surface area contributed by atoms with Gasteiger partial charge in [-0.15, -0.1) is 0 Å². The van der Waals surface area contributed by atoms with Crippen LogP contribution in [0.15, 0.2) is 30.3 Å². The number of ether oxygens (including phenoxy) is 1. The Labute approximate surface area is 80.0 Å². The fourth-order valence-electron chi connectivity index (χ4n) is 1.13. The van der Waals surface area contributed by atoms with Gasteiger partial charge in [0.1, 0.15) is 5.75 Å². The summed E-state index contributed by atoms with van der Waals surface area (Å²) in [6.45, 7) is 2.18. The molecule has 1 nitrogen and oxygen atoms in total. The zero-order valence-corrected chi connectivity index (χ0v) is 8.29. The fraction of sp³-hybridized carbons (Fsp3) is 0.333. The third-order valence-electron chi connectivity index (χ3n) is 1.86. The van der Waals surface area contributed by atoms with Crippen LogP contribution in [-0.2, 0) is 0 Å². The molecule has 0 N–H and O–H groups in total. The van der Waals surface area contributed by atoms with E-state index >= 15 is 0 Å². The molecular formula is C12H16O. The molecule has 1 heteroatoms. The standard InChI is InChI=1S/C12H16O/c1-3-4-5-7-11-8-6-9-12(10-11)13-2/h5-10H,3-4H2,1-2H3. The number of hydrogen-bond acceptors (Lipinski definition) is 1. The van der Waals surface area contributed by atoms with E-state index in [1.807, 2.05) is 18.2 Å². The molecule has 0 aliphatic heterocycles. The zero-order valence-electron chi connectivity index (χ0n) is 8.29. The van der Waals surface area contributed by atoms with Crippen LogP contribution >= 0.6 is 0 Å². The van der Waals surface area contributed by atoms with Crippen LogP contribution in [0.2, 0.25) is 0 Å². The van der Waals surface area contributed by atoms with Crippen LogP contribution in [0.4, 0.5) is 0 Å². The van der Waals surface area contributed by atoms with E-state index in [9.17, 15) is 0 Å². The largest absolute Gasteiger partial charge is 0.497 e. The first-order chi connectivity index (χ1) is 6.36. The Balaban J connectivity index is 2.66. The molecule has 0 spiro atoms. The quantitative estimate of drug-likeness (QED) is 0.682. The molecule has 0 unspecified atom stereocenters. The third kappa shape index (κ3) is 3.32. The van der Waals surface area contributed by atoms with E-state index in [0.717, 1.165) is 12.2 Å². The van der Waals surface area contributed by atoms with Crippen molar-refractivity contribution in [3.8, 4) is 5.75 Å². The Morgan fingerprint density at radius 2 is 2.23 bits per heavy atom. The summed E-state index contributed by atoms with van der Waals surface area (Å²) in [6.07, 6.45) is 6.65. The number of methoxy groups -OCH3 is 1. The van der Waals surface area contributed by atoms with E-state index in [0.29, 0.717) is 0 Å². The highest BCUT2D eigenvalue weighted by atomic mass is 16.5. The minimum absolute atomic E-state index is 0.915. The first-order valence-electron chi connectivity index (χ1n) is 4.67. The molecule has 0 amide bonds. The summed E-state index contributed by atoms with van der Waals surface area (Å²) in [7, 11) is 1.69. The van der Waals surface area contributed by atoms with Gasteiger partial charge in [-0.25, -0.2) is 0 Å². The molecule has 0 atom stereocenters. The second-order valence-electron chi connectivity index (χ2n) is 2.97. The van der Waals surface area contributed by atoms with Crippen LogP contribution in [0.1, 0.15) is 25.3 Å². The van der Waals surface area contributed by atoms with Crippen molar-refractivity contribution in [3.05, 3.63) is 35.9 Å².